The standard InChI is InChI=1S/C12H24S/c1-2-13-12-10-8-6-4-3-5-7-9-11-12/h12H,2-11H2,1H3. The summed E-state index contributed by atoms with van der Waals surface area (Å²) in [5.74, 6) is 1.31. The third kappa shape index (κ3) is 5.61. The fraction of sp³-hybridized carbons (Fsp3) is 1.00. The molecule has 1 saturated carbocycles. The lowest BCUT2D eigenvalue weighted by atomic mass is 10.0. The first-order chi connectivity index (χ1) is 6.43. The van der Waals surface area contributed by atoms with E-state index >= 15 is 0 Å². The van der Waals surface area contributed by atoms with Crippen molar-refractivity contribution in [2.75, 3.05) is 5.75 Å². The molecule has 0 radical (unpaired) electrons. The van der Waals surface area contributed by atoms with Gasteiger partial charge in [-0.15, -0.1) is 0 Å². The van der Waals surface area contributed by atoms with Gasteiger partial charge in [0.15, 0.2) is 0 Å². The van der Waals surface area contributed by atoms with Crippen molar-refractivity contribution in [1.82, 2.24) is 0 Å². The predicted octanol–water partition coefficient (Wildman–Crippen LogP) is 4.63. The van der Waals surface area contributed by atoms with Crippen LogP contribution in [-0.4, -0.2) is 11.0 Å². The number of thioether (sulfide) groups is 1. The minimum Gasteiger partial charge on any atom is -0.159 e. The third-order valence-electron chi connectivity index (χ3n) is 2.95. The van der Waals surface area contributed by atoms with Crippen LogP contribution in [0.4, 0.5) is 0 Å². The molecule has 0 aromatic carbocycles. The third-order valence-corrected chi connectivity index (χ3v) is 4.23. The fourth-order valence-corrected chi connectivity index (χ4v) is 3.31. The van der Waals surface area contributed by atoms with Crippen molar-refractivity contribution in [3.05, 3.63) is 0 Å². The fourth-order valence-electron chi connectivity index (χ4n) is 2.17. The maximum absolute atomic E-state index is 2.30. The lowest BCUT2D eigenvalue weighted by Gasteiger charge is -2.17. The molecule has 1 heteroatoms. The van der Waals surface area contributed by atoms with Gasteiger partial charge < -0.3 is 0 Å². The van der Waals surface area contributed by atoms with Gasteiger partial charge in [-0.25, -0.2) is 0 Å². The van der Waals surface area contributed by atoms with Gasteiger partial charge >= 0.3 is 0 Å². The van der Waals surface area contributed by atoms with E-state index in [9.17, 15) is 0 Å². The van der Waals surface area contributed by atoms with Crippen molar-refractivity contribution in [3.63, 3.8) is 0 Å². The number of rotatable bonds is 2. The van der Waals surface area contributed by atoms with E-state index in [1.54, 1.807) is 0 Å². The Kier molecular flexibility index (Phi) is 6.79. The lowest BCUT2D eigenvalue weighted by Crippen LogP contribution is -2.04. The Hall–Kier alpha value is 0.350. The summed E-state index contributed by atoms with van der Waals surface area (Å²) in [5, 5.41) is 0.989. The Morgan fingerprint density at radius 3 is 1.77 bits per heavy atom. The van der Waals surface area contributed by atoms with E-state index < -0.39 is 0 Å². The molecule has 0 unspecified atom stereocenters. The van der Waals surface area contributed by atoms with Gasteiger partial charge in [-0.05, 0) is 18.6 Å². The molecule has 0 spiro atoms. The lowest BCUT2D eigenvalue weighted by molar-refractivity contribution is 0.511. The zero-order valence-electron chi connectivity index (χ0n) is 9.06. The van der Waals surface area contributed by atoms with Crippen LogP contribution in [0.5, 0.6) is 0 Å². The first kappa shape index (κ1) is 11.4. The molecule has 1 aliphatic rings. The first-order valence-electron chi connectivity index (χ1n) is 6.05. The van der Waals surface area contributed by atoms with Gasteiger partial charge in [0.1, 0.15) is 0 Å². The summed E-state index contributed by atoms with van der Waals surface area (Å²) in [4.78, 5) is 0. The van der Waals surface area contributed by atoms with E-state index in [2.05, 4.69) is 18.7 Å². The Morgan fingerprint density at radius 2 is 1.31 bits per heavy atom. The minimum atomic E-state index is 0.989. The zero-order valence-corrected chi connectivity index (χ0v) is 9.87. The molecule has 0 bridgehead atoms. The summed E-state index contributed by atoms with van der Waals surface area (Å²) in [5.41, 5.74) is 0. The molecule has 0 saturated heterocycles. The van der Waals surface area contributed by atoms with Gasteiger partial charge in [-0.3, -0.25) is 0 Å². The topological polar surface area (TPSA) is 0 Å². The quantitative estimate of drug-likeness (QED) is 0.626. The van der Waals surface area contributed by atoms with E-state index in [-0.39, 0.29) is 0 Å². The van der Waals surface area contributed by atoms with Gasteiger partial charge in [0, 0.05) is 5.25 Å². The maximum Gasteiger partial charge on any atom is 0.00469 e. The van der Waals surface area contributed by atoms with Crippen LogP contribution in [0.15, 0.2) is 0 Å². The second-order valence-corrected chi connectivity index (χ2v) is 5.71. The van der Waals surface area contributed by atoms with Gasteiger partial charge in [-0.1, -0.05) is 51.9 Å². The largest absolute Gasteiger partial charge is 0.159 e. The molecular weight excluding hydrogens is 176 g/mol. The minimum absolute atomic E-state index is 0.989. The van der Waals surface area contributed by atoms with Crippen LogP contribution in [0.2, 0.25) is 0 Å². The van der Waals surface area contributed by atoms with Crippen molar-refractivity contribution in [2.24, 2.45) is 0 Å². The highest BCUT2D eigenvalue weighted by molar-refractivity contribution is 7.99. The van der Waals surface area contributed by atoms with Crippen LogP contribution in [0.1, 0.15) is 64.7 Å². The van der Waals surface area contributed by atoms with E-state index in [0.29, 0.717) is 0 Å². The summed E-state index contributed by atoms with van der Waals surface area (Å²) in [6, 6.07) is 0. The van der Waals surface area contributed by atoms with E-state index in [0.717, 1.165) is 5.25 Å². The van der Waals surface area contributed by atoms with Crippen LogP contribution >= 0.6 is 11.8 Å². The molecule has 1 aliphatic carbocycles. The Balaban J connectivity index is 2.18. The van der Waals surface area contributed by atoms with Crippen molar-refractivity contribution < 1.29 is 0 Å². The molecule has 0 heterocycles. The molecule has 78 valence electrons. The highest BCUT2D eigenvalue weighted by Crippen LogP contribution is 2.25. The summed E-state index contributed by atoms with van der Waals surface area (Å²) >= 11 is 2.19. The molecule has 13 heavy (non-hydrogen) atoms. The second kappa shape index (κ2) is 7.73. The molecule has 0 aromatic rings. The van der Waals surface area contributed by atoms with Crippen LogP contribution in [-0.2, 0) is 0 Å². The summed E-state index contributed by atoms with van der Waals surface area (Å²) in [6.07, 6.45) is 13.4. The molecule has 0 aromatic heterocycles. The van der Waals surface area contributed by atoms with Crippen molar-refractivity contribution in [1.29, 1.82) is 0 Å². The molecule has 0 amide bonds. The van der Waals surface area contributed by atoms with E-state index in [1.165, 1.54) is 63.5 Å². The molecule has 1 rings (SSSR count). The van der Waals surface area contributed by atoms with Gasteiger partial charge in [0.2, 0.25) is 0 Å². The van der Waals surface area contributed by atoms with Gasteiger partial charge in [0.25, 0.3) is 0 Å². The summed E-state index contributed by atoms with van der Waals surface area (Å²) in [6.45, 7) is 2.30. The van der Waals surface area contributed by atoms with Crippen molar-refractivity contribution in [3.8, 4) is 0 Å². The first-order valence-corrected chi connectivity index (χ1v) is 7.10. The van der Waals surface area contributed by atoms with Crippen molar-refractivity contribution in [2.45, 2.75) is 70.0 Å². The van der Waals surface area contributed by atoms with Gasteiger partial charge in [-0.2, -0.15) is 11.8 Å². The van der Waals surface area contributed by atoms with Crippen molar-refractivity contribution >= 4 is 11.8 Å². The number of hydrogen-bond acceptors (Lipinski definition) is 1. The Labute approximate surface area is 87.9 Å². The number of hydrogen-bond donors (Lipinski definition) is 0. The SMILES string of the molecule is CCSC1CCCCCCCCC1. The van der Waals surface area contributed by atoms with Crippen LogP contribution in [0, 0.1) is 0 Å². The Morgan fingerprint density at radius 1 is 0.846 bits per heavy atom. The molecule has 0 atom stereocenters. The monoisotopic (exact) mass is 200 g/mol. The average molecular weight is 200 g/mol. The Bertz CT molecular complexity index is 102. The molecule has 0 N–H and O–H groups in total. The van der Waals surface area contributed by atoms with E-state index in [1.807, 2.05) is 0 Å². The van der Waals surface area contributed by atoms with Gasteiger partial charge in [0.05, 0.1) is 0 Å². The highest BCUT2D eigenvalue weighted by atomic mass is 32.2. The average Bonchev–Trinajstić information content (AvgIpc) is 2.16. The predicted molar refractivity (Wildman–Crippen MR) is 63.5 cm³/mol. The van der Waals surface area contributed by atoms with Crippen LogP contribution in [0.25, 0.3) is 0 Å². The second-order valence-electron chi connectivity index (χ2n) is 4.13. The molecule has 1 fully saturated rings. The molecule has 0 nitrogen and oxygen atoms in total. The summed E-state index contributed by atoms with van der Waals surface area (Å²) < 4.78 is 0. The zero-order chi connectivity index (χ0) is 9.36. The normalized spacial score (nSPS) is 22.8. The smallest absolute Gasteiger partial charge is 0.00469 e. The van der Waals surface area contributed by atoms with E-state index in [4.69, 9.17) is 0 Å². The maximum atomic E-state index is 2.30. The van der Waals surface area contributed by atoms with Crippen LogP contribution < -0.4 is 0 Å². The van der Waals surface area contributed by atoms with Crippen LogP contribution in [0.3, 0.4) is 0 Å². The molecular formula is C12H24S. The summed E-state index contributed by atoms with van der Waals surface area (Å²) in [7, 11) is 0. The highest BCUT2D eigenvalue weighted by Gasteiger charge is 2.08. The molecule has 0 aliphatic heterocycles.